The second-order valence-electron chi connectivity index (χ2n) is 16.6. The van der Waals surface area contributed by atoms with Crippen molar-refractivity contribution < 1.29 is 0 Å². The van der Waals surface area contributed by atoms with Crippen LogP contribution in [-0.4, -0.2) is 11.9 Å². The second-order valence-corrected chi connectivity index (χ2v) is 16.6. The maximum atomic E-state index is 5.21. The minimum absolute atomic E-state index is 0.887. The molecular formula is C55H86N2. The van der Waals surface area contributed by atoms with Gasteiger partial charge in [0.1, 0.15) is 0 Å². The molecule has 2 heteroatoms. The van der Waals surface area contributed by atoms with Gasteiger partial charge in [-0.3, -0.25) is 9.98 Å². The van der Waals surface area contributed by atoms with Crippen LogP contribution in [0.2, 0.25) is 0 Å². The number of aliphatic imine (C=N–C) groups is 2. The monoisotopic (exact) mass is 775 g/mol. The van der Waals surface area contributed by atoms with E-state index in [1.165, 1.54) is 178 Å². The molecule has 0 fully saturated rings. The van der Waals surface area contributed by atoms with Crippen molar-refractivity contribution in [3.8, 4) is 23.7 Å². The fourth-order valence-electron chi connectivity index (χ4n) is 7.54. The molecule has 57 heavy (non-hydrogen) atoms. The van der Waals surface area contributed by atoms with E-state index in [0.29, 0.717) is 0 Å². The molecule has 0 amide bonds. The zero-order chi connectivity index (χ0) is 40.5. The first-order valence-corrected chi connectivity index (χ1v) is 24.5. The molecular weight excluding hydrogens is 689 g/mol. The van der Waals surface area contributed by atoms with Crippen LogP contribution in [0.3, 0.4) is 0 Å². The van der Waals surface area contributed by atoms with E-state index >= 15 is 0 Å². The third-order valence-electron chi connectivity index (χ3n) is 11.2. The second kappa shape index (κ2) is 38.4. The first-order chi connectivity index (χ1) is 28.3. The average Bonchev–Trinajstić information content (AvgIpc) is 3.23. The van der Waals surface area contributed by atoms with Gasteiger partial charge in [-0.15, -0.1) is 23.7 Å². The van der Waals surface area contributed by atoms with Crippen molar-refractivity contribution in [3.05, 3.63) is 59.7 Å². The van der Waals surface area contributed by atoms with Gasteiger partial charge in [0, 0.05) is 31.9 Å². The molecule has 0 atom stereocenters. The predicted octanol–water partition coefficient (Wildman–Crippen LogP) is 17.8. The summed E-state index contributed by atoms with van der Waals surface area (Å²) in [6.07, 6.45) is 45.5. The van der Waals surface area contributed by atoms with E-state index in [-0.39, 0.29) is 0 Å². The molecule has 0 aliphatic rings. The molecule has 0 bridgehead atoms. The van der Waals surface area contributed by atoms with E-state index in [4.69, 9.17) is 9.98 Å². The molecule has 2 aromatic rings. The number of para-hydroxylation sites is 2. The highest BCUT2D eigenvalue weighted by molar-refractivity contribution is 6.31. The molecule has 0 radical (unpaired) electrons. The van der Waals surface area contributed by atoms with Crippen molar-refractivity contribution >= 4 is 23.3 Å². The molecule has 2 rings (SSSR count). The van der Waals surface area contributed by atoms with Crippen LogP contribution in [0.1, 0.15) is 237 Å². The molecule has 316 valence electrons. The van der Waals surface area contributed by atoms with Crippen molar-refractivity contribution in [1.29, 1.82) is 0 Å². The topological polar surface area (TPSA) is 24.7 Å². The number of nitrogens with zero attached hydrogens (tertiary/aromatic N) is 2. The Hall–Kier alpha value is -3.10. The Morgan fingerprint density at radius 3 is 1.21 bits per heavy atom. The summed E-state index contributed by atoms with van der Waals surface area (Å²) in [7, 11) is 0. The summed E-state index contributed by atoms with van der Waals surface area (Å²) in [5.41, 5.74) is 5.71. The Kier molecular flexibility index (Phi) is 33.7. The van der Waals surface area contributed by atoms with Crippen LogP contribution < -0.4 is 0 Å². The van der Waals surface area contributed by atoms with Crippen LogP contribution in [0, 0.1) is 23.7 Å². The van der Waals surface area contributed by atoms with Crippen LogP contribution in [-0.2, 0) is 12.8 Å². The lowest BCUT2D eigenvalue weighted by atomic mass is 10.0. The predicted molar refractivity (Wildman–Crippen MR) is 256 cm³/mol. The highest BCUT2D eigenvalue weighted by Crippen LogP contribution is 2.23. The first kappa shape index (κ1) is 50.0. The van der Waals surface area contributed by atoms with Gasteiger partial charge in [-0.25, -0.2) is 0 Å². The van der Waals surface area contributed by atoms with Crippen molar-refractivity contribution in [2.45, 2.75) is 239 Å². The minimum atomic E-state index is 0.887. The van der Waals surface area contributed by atoms with Gasteiger partial charge in [-0.2, -0.15) is 0 Å². The quantitative estimate of drug-likeness (QED) is 0.0379. The Morgan fingerprint density at radius 1 is 0.404 bits per heavy atom. The van der Waals surface area contributed by atoms with Gasteiger partial charge in [0.2, 0.25) is 0 Å². The van der Waals surface area contributed by atoms with Crippen molar-refractivity contribution in [2.24, 2.45) is 9.98 Å². The molecule has 0 spiro atoms. The molecule has 0 aliphatic carbocycles. The van der Waals surface area contributed by atoms with E-state index in [1.807, 2.05) is 6.21 Å². The van der Waals surface area contributed by atoms with Crippen LogP contribution in [0.25, 0.3) is 0 Å². The highest BCUT2D eigenvalue weighted by atomic mass is 14.8. The standard InChI is InChI=1S/C55H86N2/c1-4-7-10-12-14-16-18-20-22-24-26-28-30-32-34-37-43-51-45-39-41-48-54(51)56-50-53(47-36-9-6-3)57-55-49-42-40-46-52(55)44-38-35-33-31-29-27-25-23-21-19-17-15-13-11-8-5-2/h39-42,45-46,48-50H,4-31,36-38,43-44,47H2,1-3H3. The minimum Gasteiger partial charge on any atom is -0.255 e. The molecule has 0 saturated heterocycles. The van der Waals surface area contributed by atoms with Crippen LogP contribution in [0.4, 0.5) is 11.4 Å². The van der Waals surface area contributed by atoms with Gasteiger partial charge in [0.25, 0.3) is 0 Å². The fourth-order valence-corrected chi connectivity index (χ4v) is 7.54. The SMILES string of the molecule is CCCCCCCCCCCCCCC#CCCc1ccccc1N=CC(CCCCC)=Nc1ccccc1CCC#CCCCCCCCCCCCCCC. The van der Waals surface area contributed by atoms with Crippen molar-refractivity contribution in [2.75, 3.05) is 0 Å². The third-order valence-corrected chi connectivity index (χ3v) is 11.2. The van der Waals surface area contributed by atoms with Crippen molar-refractivity contribution in [1.82, 2.24) is 0 Å². The van der Waals surface area contributed by atoms with E-state index in [0.717, 1.165) is 68.5 Å². The number of benzene rings is 2. The van der Waals surface area contributed by atoms with Gasteiger partial charge in [0.05, 0.1) is 17.1 Å². The molecule has 2 nitrogen and oxygen atoms in total. The Balaban J connectivity index is 1.77. The van der Waals surface area contributed by atoms with Crippen LogP contribution in [0.5, 0.6) is 0 Å². The van der Waals surface area contributed by atoms with Crippen LogP contribution >= 0.6 is 0 Å². The number of rotatable bonds is 35. The summed E-state index contributed by atoms with van der Waals surface area (Å²) >= 11 is 0. The molecule has 0 saturated carbocycles. The molecule has 0 unspecified atom stereocenters. The number of unbranched alkanes of at least 4 members (excludes halogenated alkanes) is 26. The van der Waals surface area contributed by atoms with Crippen LogP contribution in [0.15, 0.2) is 58.5 Å². The van der Waals surface area contributed by atoms with E-state index < -0.39 is 0 Å². The Labute approximate surface area is 354 Å². The van der Waals surface area contributed by atoms with E-state index in [1.54, 1.807) is 0 Å². The zero-order valence-electron chi connectivity index (χ0n) is 37.6. The largest absolute Gasteiger partial charge is 0.255 e. The van der Waals surface area contributed by atoms with Gasteiger partial charge in [0.15, 0.2) is 0 Å². The fraction of sp³-hybridized carbons (Fsp3) is 0.673. The Bertz CT molecular complexity index is 1410. The summed E-state index contributed by atoms with van der Waals surface area (Å²) in [6, 6.07) is 17.2. The smallest absolute Gasteiger partial charge is 0.0665 e. The summed E-state index contributed by atoms with van der Waals surface area (Å²) in [5.74, 6) is 13.8. The Morgan fingerprint density at radius 2 is 0.754 bits per heavy atom. The molecule has 0 N–H and O–H groups in total. The lowest BCUT2D eigenvalue weighted by Crippen LogP contribution is -2.01. The number of hydrogen-bond donors (Lipinski definition) is 0. The van der Waals surface area contributed by atoms with Gasteiger partial charge in [-0.1, -0.05) is 211 Å². The maximum Gasteiger partial charge on any atom is 0.0665 e. The summed E-state index contributed by atoms with van der Waals surface area (Å²) < 4.78 is 0. The van der Waals surface area contributed by atoms with E-state index in [9.17, 15) is 0 Å². The highest BCUT2D eigenvalue weighted by Gasteiger charge is 2.05. The van der Waals surface area contributed by atoms with Gasteiger partial charge in [-0.05, 0) is 61.8 Å². The number of aryl methyl sites for hydroxylation is 2. The van der Waals surface area contributed by atoms with E-state index in [2.05, 4.69) is 93.0 Å². The molecule has 0 heterocycles. The molecule has 0 aliphatic heterocycles. The number of hydrogen-bond acceptors (Lipinski definition) is 2. The normalized spacial score (nSPS) is 11.5. The lowest BCUT2D eigenvalue weighted by molar-refractivity contribution is 0.545. The van der Waals surface area contributed by atoms with Gasteiger partial charge < -0.3 is 0 Å². The maximum absolute atomic E-state index is 5.21. The summed E-state index contributed by atoms with van der Waals surface area (Å²) in [4.78, 5) is 10.2. The first-order valence-electron chi connectivity index (χ1n) is 24.5. The average molecular weight is 775 g/mol. The zero-order valence-corrected chi connectivity index (χ0v) is 37.6. The summed E-state index contributed by atoms with van der Waals surface area (Å²) in [5, 5.41) is 0. The molecule has 0 aromatic heterocycles. The summed E-state index contributed by atoms with van der Waals surface area (Å²) in [6.45, 7) is 6.85. The third kappa shape index (κ3) is 28.9. The lowest BCUT2D eigenvalue weighted by Gasteiger charge is -2.07. The molecule has 2 aromatic carbocycles. The van der Waals surface area contributed by atoms with Gasteiger partial charge >= 0.3 is 0 Å². The van der Waals surface area contributed by atoms with Crippen molar-refractivity contribution in [3.63, 3.8) is 0 Å².